The summed E-state index contributed by atoms with van der Waals surface area (Å²) >= 11 is 0. The van der Waals surface area contributed by atoms with Crippen LogP contribution in [0.15, 0.2) is 0 Å². The Morgan fingerprint density at radius 1 is 1.70 bits per heavy atom. The second kappa shape index (κ2) is 4.75. The third-order valence-corrected chi connectivity index (χ3v) is 0.932. The zero-order chi connectivity index (χ0) is 7.98. The van der Waals surface area contributed by atoms with Gasteiger partial charge in [-0.05, 0) is 6.42 Å². The molecular weight excluding hydrogens is 136 g/mol. The third kappa shape index (κ3) is 5.04. The van der Waals surface area contributed by atoms with Gasteiger partial charge in [0, 0.05) is 13.0 Å². The molecule has 0 saturated heterocycles. The highest BCUT2D eigenvalue weighted by molar-refractivity contribution is 5.73. The van der Waals surface area contributed by atoms with E-state index in [9.17, 15) is 9.59 Å². The summed E-state index contributed by atoms with van der Waals surface area (Å²) in [6.07, 6.45) is 0.858. The van der Waals surface area contributed by atoms with Gasteiger partial charge in [0.15, 0.2) is 0 Å². The van der Waals surface area contributed by atoms with Crippen LogP contribution in [0.25, 0.3) is 0 Å². The number of amides is 2. The Labute approximate surface area is 58.4 Å². The maximum Gasteiger partial charge on any atom is 0.233 e. The zero-order valence-electron chi connectivity index (χ0n) is 5.49. The van der Waals surface area contributed by atoms with Gasteiger partial charge in [0.25, 0.3) is 0 Å². The van der Waals surface area contributed by atoms with Gasteiger partial charge < -0.3 is 5.73 Å². The highest BCUT2D eigenvalue weighted by atomic mass is 16.5. The molecule has 0 aromatic carbocycles. The van der Waals surface area contributed by atoms with Gasteiger partial charge in [-0.1, -0.05) is 0 Å². The van der Waals surface area contributed by atoms with Crippen LogP contribution in [0.4, 0.5) is 0 Å². The molecule has 0 bridgehead atoms. The summed E-state index contributed by atoms with van der Waals surface area (Å²) < 4.78 is 0. The monoisotopic (exact) mass is 146 g/mol. The maximum atomic E-state index is 10.1. The minimum atomic E-state index is -0.431. The van der Waals surface area contributed by atoms with Crippen LogP contribution in [0.2, 0.25) is 0 Å². The first-order chi connectivity index (χ1) is 4.66. The average molecular weight is 146 g/mol. The van der Waals surface area contributed by atoms with Crippen molar-refractivity contribution in [3.63, 3.8) is 0 Å². The fourth-order valence-electron chi connectivity index (χ4n) is 0.468. The summed E-state index contributed by atoms with van der Waals surface area (Å²) in [7, 11) is 0. The number of hydroxylamine groups is 2. The molecule has 0 aromatic rings. The molecule has 3 N–H and O–H groups in total. The molecule has 0 aliphatic heterocycles. The number of primary amides is 1. The average Bonchev–Trinajstić information content (AvgIpc) is 1.87. The number of nitrogens with zero attached hydrogens (tertiary/aromatic N) is 1. The molecule has 0 heterocycles. The molecule has 0 atom stereocenters. The number of carbonyl (C=O) groups excluding carboxylic acids is 2. The van der Waals surface area contributed by atoms with E-state index >= 15 is 0 Å². The Morgan fingerprint density at radius 3 is 2.70 bits per heavy atom. The van der Waals surface area contributed by atoms with E-state index in [-0.39, 0.29) is 19.4 Å². The summed E-state index contributed by atoms with van der Waals surface area (Å²) in [5.74, 6) is -0.431. The van der Waals surface area contributed by atoms with Crippen molar-refractivity contribution in [3.05, 3.63) is 0 Å². The number of rotatable bonds is 5. The van der Waals surface area contributed by atoms with Crippen LogP contribution >= 0.6 is 0 Å². The molecule has 0 radical (unpaired) electrons. The summed E-state index contributed by atoms with van der Waals surface area (Å²) in [6.45, 7) is 0.145. The highest BCUT2D eigenvalue weighted by Gasteiger charge is 1.97. The number of hydrogen-bond acceptors (Lipinski definition) is 3. The number of carbonyl (C=O) groups is 2. The van der Waals surface area contributed by atoms with Crippen LogP contribution in [0.3, 0.4) is 0 Å². The molecule has 0 saturated carbocycles. The normalized spacial score (nSPS) is 8.90. The number of nitrogens with two attached hydrogens (primary N) is 1. The summed E-state index contributed by atoms with van der Waals surface area (Å²) in [4.78, 5) is 19.8. The van der Waals surface area contributed by atoms with Crippen molar-refractivity contribution in [2.75, 3.05) is 6.54 Å². The lowest BCUT2D eigenvalue weighted by Gasteiger charge is -2.05. The highest BCUT2D eigenvalue weighted by Crippen LogP contribution is 1.88. The molecular formula is C5H10N2O3. The molecule has 10 heavy (non-hydrogen) atoms. The topological polar surface area (TPSA) is 83.6 Å². The third-order valence-electron chi connectivity index (χ3n) is 0.932. The SMILES string of the molecule is NC(=O)CCCN(O)C=O. The smallest absolute Gasteiger partial charge is 0.233 e. The summed E-state index contributed by atoms with van der Waals surface area (Å²) in [5, 5.41) is 8.96. The van der Waals surface area contributed by atoms with Crippen molar-refractivity contribution in [3.8, 4) is 0 Å². The maximum absolute atomic E-state index is 10.1. The van der Waals surface area contributed by atoms with Gasteiger partial charge in [-0.2, -0.15) is 0 Å². The zero-order valence-corrected chi connectivity index (χ0v) is 5.49. The van der Waals surface area contributed by atoms with Crippen LogP contribution in [0.1, 0.15) is 12.8 Å². The van der Waals surface area contributed by atoms with Crippen molar-refractivity contribution in [2.24, 2.45) is 5.73 Å². The largest absolute Gasteiger partial charge is 0.370 e. The Morgan fingerprint density at radius 2 is 2.30 bits per heavy atom. The Hall–Kier alpha value is -1.10. The van der Waals surface area contributed by atoms with Gasteiger partial charge in [-0.25, -0.2) is 5.06 Å². The van der Waals surface area contributed by atoms with Crippen molar-refractivity contribution >= 4 is 12.3 Å². The van der Waals surface area contributed by atoms with E-state index in [4.69, 9.17) is 10.9 Å². The lowest BCUT2D eigenvalue weighted by molar-refractivity contribution is -0.150. The van der Waals surface area contributed by atoms with Gasteiger partial charge in [0.1, 0.15) is 0 Å². The molecule has 0 rings (SSSR count). The fraction of sp³-hybridized carbons (Fsp3) is 0.600. The first-order valence-corrected chi connectivity index (χ1v) is 2.86. The lowest BCUT2D eigenvalue weighted by Crippen LogP contribution is -2.20. The lowest BCUT2D eigenvalue weighted by atomic mass is 10.3. The first-order valence-electron chi connectivity index (χ1n) is 2.86. The first kappa shape index (κ1) is 8.90. The molecule has 2 amide bonds. The molecule has 0 unspecified atom stereocenters. The van der Waals surface area contributed by atoms with Gasteiger partial charge in [0.2, 0.25) is 12.3 Å². The van der Waals surface area contributed by atoms with E-state index < -0.39 is 5.91 Å². The molecule has 58 valence electrons. The van der Waals surface area contributed by atoms with Crippen LogP contribution in [-0.2, 0) is 9.59 Å². The van der Waals surface area contributed by atoms with Gasteiger partial charge in [-0.3, -0.25) is 14.8 Å². The van der Waals surface area contributed by atoms with Crippen LogP contribution in [0.5, 0.6) is 0 Å². The molecule has 0 spiro atoms. The van der Waals surface area contributed by atoms with E-state index in [0.29, 0.717) is 11.5 Å². The van der Waals surface area contributed by atoms with E-state index in [0.717, 1.165) is 0 Å². The van der Waals surface area contributed by atoms with E-state index in [1.165, 1.54) is 0 Å². The quantitative estimate of drug-likeness (QED) is 0.299. The molecule has 0 aliphatic carbocycles. The summed E-state index contributed by atoms with van der Waals surface area (Å²) in [5.41, 5.74) is 4.79. The Balaban J connectivity index is 3.19. The van der Waals surface area contributed by atoms with Crippen molar-refractivity contribution in [2.45, 2.75) is 12.8 Å². The van der Waals surface area contributed by atoms with Gasteiger partial charge >= 0.3 is 0 Å². The molecule has 5 heteroatoms. The minimum absolute atomic E-state index is 0.145. The van der Waals surface area contributed by atoms with Crippen molar-refractivity contribution < 1.29 is 14.8 Å². The molecule has 5 nitrogen and oxygen atoms in total. The molecule has 0 aliphatic rings. The molecule has 0 aromatic heterocycles. The Bertz CT molecular complexity index is 126. The minimum Gasteiger partial charge on any atom is -0.370 e. The summed E-state index contributed by atoms with van der Waals surface area (Å²) in [6, 6.07) is 0. The van der Waals surface area contributed by atoms with Crippen LogP contribution in [0, 0.1) is 0 Å². The standard InChI is InChI=1S/C5H10N2O3/c6-5(9)2-1-3-7(10)4-8/h4,10H,1-3H2,(H2,6,9). The van der Waals surface area contributed by atoms with Crippen molar-refractivity contribution in [1.82, 2.24) is 5.06 Å². The number of hydrogen-bond donors (Lipinski definition) is 2. The van der Waals surface area contributed by atoms with Crippen LogP contribution < -0.4 is 5.73 Å². The van der Waals surface area contributed by atoms with E-state index in [2.05, 4.69) is 0 Å². The second-order valence-electron chi connectivity index (χ2n) is 1.84. The van der Waals surface area contributed by atoms with Crippen LogP contribution in [-0.4, -0.2) is 29.1 Å². The Kier molecular flexibility index (Phi) is 4.23. The second-order valence-corrected chi connectivity index (χ2v) is 1.84. The van der Waals surface area contributed by atoms with Gasteiger partial charge in [0.05, 0.1) is 0 Å². The fourth-order valence-corrected chi connectivity index (χ4v) is 0.468. The van der Waals surface area contributed by atoms with Gasteiger partial charge in [-0.15, -0.1) is 0 Å². The van der Waals surface area contributed by atoms with E-state index in [1.807, 2.05) is 0 Å². The molecule has 0 fully saturated rings. The van der Waals surface area contributed by atoms with Crippen molar-refractivity contribution in [1.29, 1.82) is 0 Å². The van der Waals surface area contributed by atoms with E-state index in [1.54, 1.807) is 0 Å². The predicted molar refractivity (Wildman–Crippen MR) is 33.0 cm³/mol. The predicted octanol–water partition coefficient (Wildman–Crippen LogP) is -0.901.